The van der Waals surface area contributed by atoms with E-state index in [1.54, 1.807) is 6.07 Å². The van der Waals surface area contributed by atoms with Crippen LogP contribution in [-0.2, 0) is 32.3 Å². The van der Waals surface area contributed by atoms with Crippen LogP contribution in [0.1, 0.15) is 37.8 Å². The number of hydrogen-bond donors (Lipinski definition) is 1. The van der Waals surface area contributed by atoms with E-state index in [9.17, 15) is 31.2 Å². The Balaban J connectivity index is 2.48. The summed E-state index contributed by atoms with van der Waals surface area (Å²) in [6, 6.07) is 5.98. The van der Waals surface area contributed by atoms with Gasteiger partial charge in [0.15, 0.2) is 0 Å². The van der Waals surface area contributed by atoms with E-state index in [2.05, 4.69) is 5.32 Å². The van der Waals surface area contributed by atoms with Crippen LogP contribution >= 0.6 is 34.8 Å². The number of carbonyl (C=O) groups excluding carboxylic acids is 2. The van der Waals surface area contributed by atoms with Gasteiger partial charge in [-0.3, -0.25) is 13.9 Å². The second kappa shape index (κ2) is 13.2. The molecule has 14 heteroatoms. The standard InChI is InChI=1S/C24H27Cl3F3N3O4S/c1-4-5-10-31-23(35)15(2)32(13-16-6-7-17(25)11-21(16)27)22(34)14-33(38(3,36)37)18-8-9-20(26)19(12-18)24(28,29)30/h6-9,11-12,15H,4-5,10,13-14H2,1-3H3,(H,31,35)/t15-/m0/s1. The highest BCUT2D eigenvalue weighted by Crippen LogP contribution is 2.37. The lowest BCUT2D eigenvalue weighted by Crippen LogP contribution is -2.51. The van der Waals surface area contributed by atoms with Gasteiger partial charge in [-0.05, 0) is 49.2 Å². The van der Waals surface area contributed by atoms with Gasteiger partial charge in [0, 0.05) is 23.1 Å². The Labute approximate surface area is 234 Å². The summed E-state index contributed by atoms with van der Waals surface area (Å²) in [7, 11) is -4.24. The highest BCUT2D eigenvalue weighted by atomic mass is 35.5. The fourth-order valence-electron chi connectivity index (χ4n) is 3.45. The van der Waals surface area contributed by atoms with Crippen molar-refractivity contribution in [2.75, 3.05) is 23.7 Å². The monoisotopic (exact) mass is 615 g/mol. The van der Waals surface area contributed by atoms with Gasteiger partial charge in [-0.2, -0.15) is 13.2 Å². The highest BCUT2D eigenvalue weighted by Gasteiger charge is 2.35. The fourth-order valence-corrected chi connectivity index (χ4v) is 4.99. The van der Waals surface area contributed by atoms with Gasteiger partial charge in [0.2, 0.25) is 21.8 Å². The van der Waals surface area contributed by atoms with Crippen LogP contribution in [0.15, 0.2) is 36.4 Å². The van der Waals surface area contributed by atoms with Crippen LogP contribution in [0.4, 0.5) is 18.9 Å². The minimum atomic E-state index is -4.86. The Morgan fingerprint density at radius 3 is 2.26 bits per heavy atom. The van der Waals surface area contributed by atoms with E-state index in [-0.39, 0.29) is 11.6 Å². The third-order valence-corrected chi connectivity index (χ3v) is 7.63. The smallest absolute Gasteiger partial charge is 0.354 e. The summed E-state index contributed by atoms with van der Waals surface area (Å²) >= 11 is 17.9. The van der Waals surface area contributed by atoms with Crippen LogP contribution in [0.3, 0.4) is 0 Å². The van der Waals surface area contributed by atoms with E-state index in [0.29, 0.717) is 33.9 Å². The quantitative estimate of drug-likeness (QED) is 0.325. The number of nitrogens with one attached hydrogen (secondary N) is 1. The normalized spacial score (nSPS) is 12.7. The lowest BCUT2D eigenvalue weighted by atomic mass is 10.1. The van der Waals surface area contributed by atoms with Crippen LogP contribution in [0.25, 0.3) is 0 Å². The Morgan fingerprint density at radius 2 is 1.71 bits per heavy atom. The molecule has 1 N–H and O–H groups in total. The number of rotatable bonds is 11. The number of halogens is 6. The molecule has 0 aromatic heterocycles. The van der Waals surface area contributed by atoms with Crippen molar-refractivity contribution in [3.05, 3.63) is 62.6 Å². The molecule has 0 saturated carbocycles. The summed E-state index contributed by atoms with van der Waals surface area (Å²) in [6.45, 7) is 2.69. The summed E-state index contributed by atoms with van der Waals surface area (Å²) in [5, 5.41) is 2.64. The van der Waals surface area contributed by atoms with Gasteiger partial charge in [0.05, 0.1) is 22.5 Å². The lowest BCUT2D eigenvalue weighted by Gasteiger charge is -2.32. The molecule has 38 heavy (non-hydrogen) atoms. The van der Waals surface area contributed by atoms with E-state index in [4.69, 9.17) is 34.8 Å². The minimum absolute atomic E-state index is 0.191. The number of amides is 2. The number of carbonyl (C=O) groups is 2. The first-order chi connectivity index (χ1) is 17.6. The molecule has 0 aliphatic carbocycles. The Bertz CT molecular complexity index is 1280. The third kappa shape index (κ3) is 8.65. The van der Waals surface area contributed by atoms with Gasteiger partial charge >= 0.3 is 6.18 Å². The van der Waals surface area contributed by atoms with Crippen LogP contribution in [0.2, 0.25) is 15.1 Å². The number of alkyl halides is 3. The fraction of sp³-hybridized carbons (Fsp3) is 0.417. The van der Waals surface area contributed by atoms with Crippen LogP contribution in [0, 0.1) is 0 Å². The molecule has 1 atom stereocenters. The number of benzene rings is 2. The maximum absolute atomic E-state index is 13.5. The zero-order chi connectivity index (χ0) is 28.8. The lowest BCUT2D eigenvalue weighted by molar-refractivity contribution is -0.139. The summed E-state index contributed by atoms with van der Waals surface area (Å²) in [6.07, 6.45) is -2.58. The highest BCUT2D eigenvalue weighted by molar-refractivity contribution is 7.92. The van der Waals surface area contributed by atoms with E-state index < -0.39 is 56.9 Å². The molecule has 2 aromatic rings. The zero-order valence-electron chi connectivity index (χ0n) is 20.8. The SMILES string of the molecule is CCCCNC(=O)[C@H](C)N(Cc1ccc(Cl)cc1Cl)C(=O)CN(c1ccc(Cl)c(C(F)(F)F)c1)S(C)(=O)=O. The maximum atomic E-state index is 13.5. The summed E-state index contributed by atoms with van der Waals surface area (Å²) in [4.78, 5) is 27.4. The first-order valence-corrected chi connectivity index (χ1v) is 14.4. The Kier molecular flexibility index (Phi) is 11.1. The van der Waals surface area contributed by atoms with E-state index >= 15 is 0 Å². The average Bonchev–Trinajstić information content (AvgIpc) is 2.80. The van der Waals surface area contributed by atoms with Crippen LogP contribution in [-0.4, -0.2) is 50.5 Å². The minimum Gasteiger partial charge on any atom is -0.354 e. The molecule has 210 valence electrons. The van der Waals surface area contributed by atoms with Crippen molar-refractivity contribution in [3.8, 4) is 0 Å². The van der Waals surface area contributed by atoms with Crippen molar-refractivity contribution in [1.29, 1.82) is 0 Å². The number of unbranched alkanes of at least 4 members (excludes halogenated alkanes) is 1. The van der Waals surface area contributed by atoms with Gasteiger partial charge in [0.25, 0.3) is 0 Å². The van der Waals surface area contributed by atoms with Gasteiger partial charge < -0.3 is 10.2 Å². The van der Waals surface area contributed by atoms with Crippen molar-refractivity contribution in [1.82, 2.24) is 10.2 Å². The second-order valence-electron chi connectivity index (χ2n) is 8.51. The molecule has 0 saturated heterocycles. The number of hydrogen-bond acceptors (Lipinski definition) is 4. The predicted octanol–water partition coefficient (Wildman–Crippen LogP) is 5.77. The maximum Gasteiger partial charge on any atom is 0.417 e. The zero-order valence-corrected chi connectivity index (χ0v) is 23.9. The van der Waals surface area contributed by atoms with Gasteiger partial charge in [-0.15, -0.1) is 0 Å². The third-order valence-electron chi connectivity index (χ3n) is 5.58. The molecule has 7 nitrogen and oxygen atoms in total. The first-order valence-electron chi connectivity index (χ1n) is 11.4. The Hall–Kier alpha value is -2.21. The molecule has 2 amide bonds. The summed E-state index contributed by atoms with van der Waals surface area (Å²) in [5.74, 6) is -1.34. The average molecular weight is 617 g/mol. The predicted molar refractivity (Wildman–Crippen MR) is 143 cm³/mol. The van der Waals surface area contributed by atoms with E-state index in [1.165, 1.54) is 19.1 Å². The number of nitrogens with zero attached hydrogens (tertiary/aromatic N) is 2. The van der Waals surface area contributed by atoms with Gasteiger partial charge in [-0.1, -0.05) is 54.2 Å². The van der Waals surface area contributed by atoms with Crippen LogP contribution in [0.5, 0.6) is 0 Å². The number of sulfonamides is 1. The molecule has 0 spiro atoms. The molecule has 0 aliphatic heterocycles. The topological polar surface area (TPSA) is 86.8 Å². The molecule has 0 heterocycles. The van der Waals surface area contributed by atoms with Crippen LogP contribution < -0.4 is 9.62 Å². The molecular weight excluding hydrogens is 590 g/mol. The molecular formula is C24H27Cl3F3N3O4S. The van der Waals surface area contributed by atoms with Crippen molar-refractivity contribution >= 4 is 62.3 Å². The molecule has 0 bridgehead atoms. The van der Waals surface area contributed by atoms with Crippen molar-refractivity contribution in [3.63, 3.8) is 0 Å². The van der Waals surface area contributed by atoms with Gasteiger partial charge in [-0.25, -0.2) is 8.42 Å². The number of anilines is 1. The molecule has 2 rings (SSSR count). The van der Waals surface area contributed by atoms with Crippen molar-refractivity contribution < 1.29 is 31.2 Å². The summed E-state index contributed by atoms with van der Waals surface area (Å²) in [5.41, 5.74) is -1.25. The first kappa shape index (κ1) is 32.0. The molecule has 0 unspecified atom stereocenters. The van der Waals surface area contributed by atoms with E-state index in [0.717, 1.165) is 29.7 Å². The van der Waals surface area contributed by atoms with Crippen molar-refractivity contribution in [2.24, 2.45) is 0 Å². The van der Waals surface area contributed by atoms with Crippen molar-refractivity contribution in [2.45, 2.75) is 45.5 Å². The molecule has 0 radical (unpaired) electrons. The van der Waals surface area contributed by atoms with Gasteiger partial charge in [0.1, 0.15) is 12.6 Å². The molecule has 0 aliphatic rings. The Morgan fingerprint density at radius 1 is 1.05 bits per heavy atom. The molecule has 2 aromatic carbocycles. The largest absolute Gasteiger partial charge is 0.417 e. The molecule has 0 fully saturated rings. The summed E-state index contributed by atoms with van der Waals surface area (Å²) < 4.78 is 66.0. The van der Waals surface area contributed by atoms with E-state index in [1.807, 2.05) is 6.92 Å². The second-order valence-corrected chi connectivity index (χ2v) is 11.7.